The summed E-state index contributed by atoms with van der Waals surface area (Å²) in [6.07, 6.45) is 3.70. The van der Waals surface area contributed by atoms with Gasteiger partial charge in [-0.25, -0.2) is 0 Å². The topological polar surface area (TPSA) is 54.7 Å². The fourth-order valence-electron chi connectivity index (χ4n) is 4.01. The number of ether oxygens (including phenoxy) is 1. The van der Waals surface area contributed by atoms with Crippen molar-refractivity contribution in [3.8, 4) is 16.9 Å². The summed E-state index contributed by atoms with van der Waals surface area (Å²) in [5.41, 5.74) is 3.27. The van der Waals surface area contributed by atoms with E-state index < -0.39 is 0 Å². The predicted octanol–water partition coefficient (Wildman–Crippen LogP) is 4.65. The molecular formula is C26H32N2O3. The number of benzene rings is 2. The molecule has 0 bridgehead atoms. The van der Waals surface area contributed by atoms with Gasteiger partial charge in [-0.05, 0) is 48.6 Å². The summed E-state index contributed by atoms with van der Waals surface area (Å²) in [5, 5.41) is 3.96. The van der Waals surface area contributed by atoms with Crippen molar-refractivity contribution in [3.05, 3.63) is 64.5 Å². The highest BCUT2D eigenvalue weighted by molar-refractivity contribution is 5.82. The first kappa shape index (κ1) is 21.6. The van der Waals surface area contributed by atoms with E-state index in [0.29, 0.717) is 29.1 Å². The number of nitrogens with zero attached hydrogens (tertiary/aromatic N) is 1. The van der Waals surface area contributed by atoms with Crippen LogP contribution in [0.4, 0.5) is 0 Å². The van der Waals surface area contributed by atoms with Crippen molar-refractivity contribution in [1.82, 2.24) is 10.2 Å². The summed E-state index contributed by atoms with van der Waals surface area (Å²) in [6.45, 7) is 10.5. The van der Waals surface area contributed by atoms with Gasteiger partial charge in [0.25, 0.3) is 0 Å². The van der Waals surface area contributed by atoms with Crippen LogP contribution in [-0.4, -0.2) is 44.2 Å². The standard InChI is InChI=1S/C26H32N2O3/c1-19(2)20-5-7-21(8-6-20)24-18-31-25-17-22(9-10-23(25)26(24)29)30-16-4-3-13-28-14-11-27-12-15-28/h5-10,17-19,27H,3-4,11-16H2,1-2H3. The smallest absolute Gasteiger partial charge is 0.200 e. The number of rotatable bonds is 8. The third-order valence-electron chi connectivity index (χ3n) is 5.98. The van der Waals surface area contributed by atoms with E-state index in [4.69, 9.17) is 9.15 Å². The Hall–Kier alpha value is -2.63. The van der Waals surface area contributed by atoms with E-state index in [1.807, 2.05) is 30.3 Å². The van der Waals surface area contributed by atoms with Gasteiger partial charge < -0.3 is 19.4 Å². The Morgan fingerprint density at radius 1 is 1.06 bits per heavy atom. The molecule has 5 nitrogen and oxygen atoms in total. The molecule has 5 heteroatoms. The van der Waals surface area contributed by atoms with Gasteiger partial charge in [-0.1, -0.05) is 38.1 Å². The molecule has 0 unspecified atom stereocenters. The molecule has 2 aromatic carbocycles. The Morgan fingerprint density at radius 2 is 1.84 bits per heavy atom. The lowest BCUT2D eigenvalue weighted by atomic mass is 9.99. The van der Waals surface area contributed by atoms with Gasteiger partial charge in [0.05, 0.1) is 17.6 Å². The lowest BCUT2D eigenvalue weighted by molar-refractivity contribution is 0.226. The fraction of sp³-hybridized carbons (Fsp3) is 0.423. The molecule has 0 radical (unpaired) electrons. The molecule has 1 fully saturated rings. The molecule has 1 aromatic heterocycles. The summed E-state index contributed by atoms with van der Waals surface area (Å²) in [4.78, 5) is 15.5. The first-order valence-electron chi connectivity index (χ1n) is 11.3. The molecule has 0 amide bonds. The third kappa shape index (κ3) is 5.35. The molecule has 1 aliphatic heterocycles. The zero-order valence-corrected chi connectivity index (χ0v) is 18.5. The van der Waals surface area contributed by atoms with Gasteiger partial charge in [0.1, 0.15) is 17.6 Å². The molecule has 31 heavy (non-hydrogen) atoms. The minimum Gasteiger partial charge on any atom is -0.493 e. The normalized spacial score (nSPS) is 14.9. The van der Waals surface area contributed by atoms with Crippen LogP contribution in [0.1, 0.15) is 38.2 Å². The molecule has 0 aliphatic carbocycles. The molecule has 4 rings (SSSR count). The summed E-state index contributed by atoms with van der Waals surface area (Å²) in [5.74, 6) is 1.20. The van der Waals surface area contributed by atoms with Gasteiger partial charge in [0.15, 0.2) is 5.43 Å². The average molecular weight is 421 g/mol. The van der Waals surface area contributed by atoms with E-state index in [2.05, 4.69) is 36.2 Å². The Labute approximate surface area is 184 Å². The van der Waals surface area contributed by atoms with E-state index in [-0.39, 0.29) is 5.43 Å². The van der Waals surface area contributed by atoms with Crippen molar-refractivity contribution in [2.45, 2.75) is 32.6 Å². The lowest BCUT2D eigenvalue weighted by Crippen LogP contribution is -2.43. The number of hydrogen-bond acceptors (Lipinski definition) is 5. The molecule has 1 N–H and O–H groups in total. The van der Waals surface area contributed by atoms with Crippen molar-refractivity contribution in [2.24, 2.45) is 0 Å². The van der Waals surface area contributed by atoms with Crippen LogP contribution in [0.2, 0.25) is 0 Å². The van der Waals surface area contributed by atoms with Crippen LogP contribution in [0.25, 0.3) is 22.1 Å². The largest absolute Gasteiger partial charge is 0.493 e. The van der Waals surface area contributed by atoms with Crippen LogP contribution in [0.5, 0.6) is 5.75 Å². The summed E-state index contributed by atoms with van der Waals surface area (Å²) < 4.78 is 11.7. The highest BCUT2D eigenvalue weighted by Gasteiger charge is 2.11. The molecule has 2 heterocycles. The van der Waals surface area contributed by atoms with E-state index >= 15 is 0 Å². The summed E-state index contributed by atoms with van der Waals surface area (Å²) in [7, 11) is 0. The molecule has 3 aromatic rings. The number of piperazine rings is 1. The average Bonchev–Trinajstić information content (AvgIpc) is 2.80. The highest BCUT2D eigenvalue weighted by atomic mass is 16.5. The first-order chi connectivity index (χ1) is 15.1. The quantitative estimate of drug-likeness (QED) is 0.538. The summed E-state index contributed by atoms with van der Waals surface area (Å²) >= 11 is 0. The van der Waals surface area contributed by atoms with Gasteiger partial charge in [-0.2, -0.15) is 0 Å². The zero-order valence-electron chi connectivity index (χ0n) is 18.5. The SMILES string of the molecule is CC(C)c1ccc(-c2coc3cc(OCCCCN4CCNCC4)ccc3c2=O)cc1. The molecule has 0 atom stereocenters. The second-order valence-electron chi connectivity index (χ2n) is 8.56. The zero-order chi connectivity index (χ0) is 21.6. The number of fused-ring (bicyclic) bond motifs is 1. The Morgan fingerprint density at radius 3 is 2.58 bits per heavy atom. The van der Waals surface area contributed by atoms with Crippen molar-refractivity contribution >= 4 is 11.0 Å². The number of hydrogen-bond donors (Lipinski definition) is 1. The van der Waals surface area contributed by atoms with Crippen LogP contribution in [0.15, 0.2) is 57.9 Å². The van der Waals surface area contributed by atoms with Crippen molar-refractivity contribution in [3.63, 3.8) is 0 Å². The number of unbranched alkanes of at least 4 members (excludes halogenated alkanes) is 1. The Balaban J connectivity index is 1.38. The van der Waals surface area contributed by atoms with Gasteiger partial charge in [-0.15, -0.1) is 0 Å². The molecule has 0 spiro atoms. The highest BCUT2D eigenvalue weighted by Crippen LogP contribution is 2.25. The lowest BCUT2D eigenvalue weighted by Gasteiger charge is -2.26. The van der Waals surface area contributed by atoms with Crippen LogP contribution in [0, 0.1) is 0 Å². The maximum absolute atomic E-state index is 13.0. The van der Waals surface area contributed by atoms with Crippen LogP contribution in [0.3, 0.4) is 0 Å². The van der Waals surface area contributed by atoms with Crippen molar-refractivity contribution < 1.29 is 9.15 Å². The third-order valence-corrected chi connectivity index (χ3v) is 5.98. The Bertz CT molecular complexity index is 1050. The van der Waals surface area contributed by atoms with E-state index in [1.54, 1.807) is 6.26 Å². The minimum absolute atomic E-state index is 0.0129. The van der Waals surface area contributed by atoms with Crippen LogP contribution in [-0.2, 0) is 0 Å². The second kappa shape index (κ2) is 10.1. The number of nitrogens with one attached hydrogen (secondary N) is 1. The van der Waals surface area contributed by atoms with Crippen molar-refractivity contribution in [1.29, 1.82) is 0 Å². The maximum Gasteiger partial charge on any atom is 0.200 e. The second-order valence-corrected chi connectivity index (χ2v) is 8.56. The molecular weight excluding hydrogens is 388 g/mol. The maximum atomic E-state index is 13.0. The van der Waals surface area contributed by atoms with Crippen molar-refractivity contribution in [2.75, 3.05) is 39.3 Å². The van der Waals surface area contributed by atoms with Gasteiger partial charge in [0.2, 0.25) is 0 Å². The molecule has 0 saturated carbocycles. The monoisotopic (exact) mass is 420 g/mol. The molecule has 164 valence electrons. The van der Waals surface area contributed by atoms with Crippen LogP contribution < -0.4 is 15.5 Å². The van der Waals surface area contributed by atoms with E-state index in [1.165, 1.54) is 5.56 Å². The van der Waals surface area contributed by atoms with E-state index in [9.17, 15) is 4.79 Å². The van der Waals surface area contributed by atoms with Gasteiger partial charge >= 0.3 is 0 Å². The van der Waals surface area contributed by atoms with E-state index in [0.717, 1.165) is 56.9 Å². The molecule has 1 saturated heterocycles. The van der Waals surface area contributed by atoms with Gasteiger partial charge in [0, 0.05) is 32.2 Å². The minimum atomic E-state index is -0.0129. The van der Waals surface area contributed by atoms with Crippen LogP contribution >= 0.6 is 0 Å². The molecule has 1 aliphatic rings. The Kier molecular flexibility index (Phi) is 7.05. The van der Waals surface area contributed by atoms with Gasteiger partial charge in [-0.3, -0.25) is 4.79 Å². The predicted molar refractivity (Wildman–Crippen MR) is 126 cm³/mol. The fourth-order valence-corrected chi connectivity index (χ4v) is 4.01. The summed E-state index contributed by atoms with van der Waals surface area (Å²) in [6, 6.07) is 13.6. The first-order valence-corrected chi connectivity index (χ1v) is 11.3.